The molecule has 0 aliphatic carbocycles. The van der Waals surface area contributed by atoms with Crippen molar-refractivity contribution in [3.63, 3.8) is 0 Å². The summed E-state index contributed by atoms with van der Waals surface area (Å²) in [5, 5.41) is 3.18. The minimum atomic E-state index is -4.63. The maximum atomic E-state index is 12.6. The van der Waals surface area contributed by atoms with Gasteiger partial charge in [0.1, 0.15) is 5.69 Å². The second kappa shape index (κ2) is 4.15. The summed E-state index contributed by atoms with van der Waals surface area (Å²) in [5.41, 5.74) is -1.83. The van der Waals surface area contributed by atoms with Crippen LogP contribution in [0.25, 0.3) is 17.2 Å². The Balaban J connectivity index is 2.22. The van der Waals surface area contributed by atoms with Crippen LogP contribution in [-0.4, -0.2) is 24.6 Å². The van der Waals surface area contributed by atoms with Gasteiger partial charge in [-0.15, -0.1) is 0 Å². The van der Waals surface area contributed by atoms with Gasteiger partial charge in [-0.05, 0) is 12.1 Å². The molecule has 0 saturated carbocycles. The summed E-state index contributed by atoms with van der Waals surface area (Å²) >= 11 is 0. The normalized spacial score (nSPS) is 11.9. The minimum absolute atomic E-state index is 0.0803. The Labute approximate surface area is 108 Å². The molecule has 0 unspecified atom stereocenters. The zero-order valence-electron chi connectivity index (χ0n) is 9.72. The van der Waals surface area contributed by atoms with Gasteiger partial charge in [0.25, 0.3) is 0 Å². The van der Waals surface area contributed by atoms with Gasteiger partial charge in [-0.25, -0.2) is 9.78 Å². The van der Waals surface area contributed by atoms with Crippen molar-refractivity contribution in [2.45, 2.75) is 6.18 Å². The van der Waals surface area contributed by atoms with Gasteiger partial charge in [0.2, 0.25) is 0 Å². The fraction of sp³-hybridized carbons (Fsp3) is 0.0909. The van der Waals surface area contributed by atoms with E-state index < -0.39 is 17.6 Å². The standard InChI is InChI=1S/C11H6F3N5O/c12-11(13,14)7-5-8-16-9(6-3-1-2-4-15-6)17-10(20)19(8)18-7/h1-5H,(H,16,17,20). The molecule has 0 saturated heterocycles. The van der Waals surface area contributed by atoms with Crippen LogP contribution in [0.1, 0.15) is 5.69 Å². The summed E-state index contributed by atoms with van der Waals surface area (Å²) in [6, 6.07) is 5.63. The van der Waals surface area contributed by atoms with E-state index in [1.165, 1.54) is 6.20 Å². The van der Waals surface area contributed by atoms with E-state index in [0.717, 1.165) is 0 Å². The van der Waals surface area contributed by atoms with E-state index in [0.29, 0.717) is 16.3 Å². The molecule has 9 heteroatoms. The van der Waals surface area contributed by atoms with Crippen LogP contribution in [0.3, 0.4) is 0 Å². The van der Waals surface area contributed by atoms with E-state index in [1.807, 2.05) is 0 Å². The van der Waals surface area contributed by atoms with Gasteiger partial charge in [0.15, 0.2) is 17.2 Å². The number of alkyl halides is 3. The lowest BCUT2D eigenvalue weighted by atomic mass is 10.3. The molecular formula is C11H6F3N5O. The molecule has 3 aromatic rings. The van der Waals surface area contributed by atoms with Gasteiger partial charge in [-0.2, -0.15) is 22.8 Å². The topological polar surface area (TPSA) is 75.9 Å². The Kier molecular flexibility index (Phi) is 2.56. The van der Waals surface area contributed by atoms with Crippen LogP contribution in [0.15, 0.2) is 35.3 Å². The Hall–Kier alpha value is -2.71. The van der Waals surface area contributed by atoms with Crippen molar-refractivity contribution in [3.05, 3.63) is 46.6 Å². The van der Waals surface area contributed by atoms with Crippen molar-refractivity contribution in [2.75, 3.05) is 0 Å². The van der Waals surface area contributed by atoms with Gasteiger partial charge in [-0.1, -0.05) is 6.07 Å². The van der Waals surface area contributed by atoms with Crippen LogP contribution in [0.4, 0.5) is 13.2 Å². The first-order valence-corrected chi connectivity index (χ1v) is 5.44. The van der Waals surface area contributed by atoms with Gasteiger partial charge in [-0.3, -0.25) is 9.97 Å². The number of fused-ring (bicyclic) bond motifs is 1. The average Bonchev–Trinajstić information content (AvgIpc) is 2.84. The molecule has 0 fully saturated rings. The molecule has 0 bridgehead atoms. The number of H-pyrrole nitrogens is 1. The third-order valence-corrected chi connectivity index (χ3v) is 2.53. The Morgan fingerprint density at radius 2 is 2.05 bits per heavy atom. The summed E-state index contributed by atoms with van der Waals surface area (Å²) in [7, 11) is 0. The summed E-state index contributed by atoms with van der Waals surface area (Å²) in [6.07, 6.45) is -3.15. The van der Waals surface area contributed by atoms with E-state index in [-0.39, 0.29) is 11.5 Å². The first-order valence-electron chi connectivity index (χ1n) is 5.44. The van der Waals surface area contributed by atoms with E-state index >= 15 is 0 Å². The zero-order chi connectivity index (χ0) is 14.3. The van der Waals surface area contributed by atoms with E-state index in [2.05, 4.69) is 20.1 Å². The predicted octanol–water partition coefficient (Wildman–Crippen LogP) is 1.50. The van der Waals surface area contributed by atoms with Gasteiger partial charge in [0.05, 0.1) is 0 Å². The molecular weight excluding hydrogens is 275 g/mol. The number of rotatable bonds is 1. The molecule has 0 atom stereocenters. The smallest absolute Gasteiger partial charge is 0.288 e. The molecule has 0 aliphatic heterocycles. The molecule has 3 heterocycles. The summed E-state index contributed by atoms with van der Waals surface area (Å²) in [6.45, 7) is 0. The van der Waals surface area contributed by atoms with Crippen molar-refractivity contribution in [1.29, 1.82) is 0 Å². The van der Waals surface area contributed by atoms with Crippen LogP contribution < -0.4 is 5.69 Å². The molecule has 1 N–H and O–H groups in total. The largest absolute Gasteiger partial charge is 0.435 e. The van der Waals surface area contributed by atoms with Crippen molar-refractivity contribution >= 4 is 5.65 Å². The summed E-state index contributed by atoms with van der Waals surface area (Å²) < 4.78 is 38.2. The quantitative estimate of drug-likeness (QED) is 0.733. The van der Waals surface area contributed by atoms with Crippen LogP contribution in [0, 0.1) is 0 Å². The van der Waals surface area contributed by atoms with Crippen molar-refractivity contribution in [3.8, 4) is 11.5 Å². The number of hydrogen-bond acceptors (Lipinski definition) is 4. The van der Waals surface area contributed by atoms with Crippen LogP contribution in [-0.2, 0) is 6.18 Å². The van der Waals surface area contributed by atoms with Crippen molar-refractivity contribution in [2.24, 2.45) is 0 Å². The molecule has 0 aliphatic rings. The lowest BCUT2D eigenvalue weighted by Gasteiger charge is -1.99. The first kappa shape index (κ1) is 12.3. The van der Waals surface area contributed by atoms with Crippen molar-refractivity contribution in [1.82, 2.24) is 24.6 Å². The highest BCUT2D eigenvalue weighted by Gasteiger charge is 2.34. The Bertz CT molecular complexity index is 821. The number of aromatic nitrogens is 5. The highest BCUT2D eigenvalue weighted by molar-refractivity contribution is 5.52. The number of hydrogen-bond donors (Lipinski definition) is 1. The van der Waals surface area contributed by atoms with E-state index in [9.17, 15) is 18.0 Å². The fourth-order valence-corrected chi connectivity index (χ4v) is 1.66. The average molecular weight is 281 g/mol. The third-order valence-electron chi connectivity index (χ3n) is 2.53. The molecule has 0 spiro atoms. The highest BCUT2D eigenvalue weighted by atomic mass is 19.4. The molecule has 102 valence electrons. The monoisotopic (exact) mass is 281 g/mol. The molecule has 3 rings (SSSR count). The van der Waals surface area contributed by atoms with Gasteiger partial charge < -0.3 is 0 Å². The first-order chi connectivity index (χ1) is 9.45. The summed E-state index contributed by atoms with van der Waals surface area (Å²) in [5.74, 6) is 0.0803. The van der Waals surface area contributed by atoms with Crippen LogP contribution in [0.5, 0.6) is 0 Å². The lowest BCUT2D eigenvalue weighted by molar-refractivity contribution is -0.141. The third kappa shape index (κ3) is 2.02. The highest BCUT2D eigenvalue weighted by Crippen LogP contribution is 2.28. The molecule has 0 amide bonds. The van der Waals surface area contributed by atoms with Crippen LogP contribution in [0.2, 0.25) is 0 Å². The van der Waals surface area contributed by atoms with Gasteiger partial charge in [0, 0.05) is 12.3 Å². The lowest BCUT2D eigenvalue weighted by Crippen LogP contribution is -2.20. The maximum absolute atomic E-state index is 12.6. The zero-order valence-corrected chi connectivity index (χ0v) is 9.72. The van der Waals surface area contributed by atoms with Gasteiger partial charge >= 0.3 is 11.9 Å². The number of nitrogens with zero attached hydrogens (tertiary/aromatic N) is 4. The van der Waals surface area contributed by atoms with Crippen LogP contribution >= 0.6 is 0 Å². The fourth-order valence-electron chi connectivity index (χ4n) is 1.66. The Morgan fingerprint density at radius 3 is 2.70 bits per heavy atom. The number of aromatic amines is 1. The molecule has 3 aromatic heterocycles. The molecule has 6 nitrogen and oxygen atoms in total. The number of nitrogens with one attached hydrogen (secondary N) is 1. The molecule has 0 radical (unpaired) electrons. The SMILES string of the molecule is O=c1[nH]c(-c2ccccn2)nc2cc(C(F)(F)F)nn12. The maximum Gasteiger partial charge on any atom is 0.435 e. The second-order valence-electron chi connectivity index (χ2n) is 3.90. The summed E-state index contributed by atoms with van der Waals surface area (Å²) in [4.78, 5) is 21.9. The Morgan fingerprint density at radius 1 is 1.25 bits per heavy atom. The molecule has 20 heavy (non-hydrogen) atoms. The second-order valence-corrected chi connectivity index (χ2v) is 3.90. The molecule has 0 aromatic carbocycles. The van der Waals surface area contributed by atoms with E-state index in [4.69, 9.17) is 0 Å². The minimum Gasteiger partial charge on any atom is -0.288 e. The number of halogens is 3. The predicted molar refractivity (Wildman–Crippen MR) is 61.8 cm³/mol. The van der Waals surface area contributed by atoms with Crippen molar-refractivity contribution < 1.29 is 13.2 Å². The number of pyridine rings is 1. The van der Waals surface area contributed by atoms with E-state index in [1.54, 1.807) is 18.2 Å².